The molecule has 1 rings (SSSR count). The lowest BCUT2D eigenvalue weighted by Gasteiger charge is -2.47. The minimum atomic E-state index is -5.88. The van der Waals surface area contributed by atoms with Crippen molar-refractivity contribution in [2.24, 2.45) is 5.41 Å². The van der Waals surface area contributed by atoms with Gasteiger partial charge in [-0.2, -0.15) is 21.6 Å². The van der Waals surface area contributed by atoms with Crippen molar-refractivity contribution in [3.8, 4) is 0 Å². The van der Waals surface area contributed by atoms with Gasteiger partial charge < -0.3 is 18.8 Å². The molecule has 0 aromatic carbocycles. The molecule has 0 aromatic rings. The smallest absolute Gasteiger partial charge is 0.534 e. The zero-order valence-corrected chi connectivity index (χ0v) is 11.6. The number of hydrogen-bond acceptors (Lipinski definition) is 6. The molecule has 20 heavy (non-hydrogen) atoms. The summed E-state index contributed by atoms with van der Waals surface area (Å²) in [6.45, 7) is 3.01. The minimum Gasteiger partial charge on any atom is -0.547 e. The maximum Gasteiger partial charge on any atom is 0.534 e. The Morgan fingerprint density at radius 1 is 1.40 bits per heavy atom. The molecule has 0 aromatic heterocycles. The molecule has 1 heterocycles. The van der Waals surface area contributed by atoms with Crippen molar-refractivity contribution >= 4 is 16.1 Å². The van der Waals surface area contributed by atoms with Gasteiger partial charge in [0, 0.05) is 0 Å². The Morgan fingerprint density at radius 2 is 1.90 bits per heavy atom. The summed E-state index contributed by atoms with van der Waals surface area (Å²) in [5.74, 6) is -2.35. The van der Waals surface area contributed by atoms with Crippen molar-refractivity contribution in [1.29, 1.82) is 0 Å². The van der Waals surface area contributed by atoms with E-state index in [-0.39, 0.29) is 0 Å². The second-order valence-corrected chi connectivity index (χ2v) is 6.35. The Hall–Kier alpha value is -1.29. The lowest BCUT2D eigenvalue weighted by atomic mass is 9.73. The zero-order valence-electron chi connectivity index (χ0n) is 10.8. The topological polar surface area (TPSA) is 92.7 Å². The molecule has 1 aliphatic rings. The maximum absolute atomic E-state index is 12.3. The van der Waals surface area contributed by atoms with E-state index in [1.807, 2.05) is 0 Å². The number of rotatable bonds is 3. The average molecular weight is 317 g/mol. The summed E-state index contributed by atoms with van der Waals surface area (Å²) >= 11 is 0. The molecule has 1 aliphatic heterocycles. The fourth-order valence-electron chi connectivity index (χ4n) is 1.57. The number of carboxylic acid groups (broad SMARTS) is 1. The zero-order chi connectivity index (χ0) is 16.0. The molecule has 0 saturated heterocycles. The van der Waals surface area contributed by atoms with Crippen LogP contribution >= 0.6 is 0 Å². The van der Waals surface area contributed by atoms with Crippen LogP contribution in [0.2, 0.25) is 0 Å². The lowest BCUT2D eigenvalue weighted by molar-refractivity contribution is -0.334. The third-order valence-corrected chi connectivity index (χ3v) is 4.29. The number of halogens is 3. The van der Waals surface area contributed by atoms with E-state index in [0.29, 0.717) is 0 Å². The van der Waals surface area contributed by atoms with Crippen molar-refractivity contribution in [2.45, 2.75) is 31.9 Å². The summed E-state index contributed by atoms with van der Waals surface area (Å²) in [4.78, 5) is 11.1. The standard InChI is InChI=1S/C10H13F3O6S/c1-8(2)6(19-20(16,17)10(11,12)13)4-5-18-9(8,3)7(14)15/h4H,5H2,1-3H3,(H,14,15)/p-1. The Morgan fingerprint density at radius 3 is 2.30 bits per heavy atom. The molecule has 0 amide bonds. The van der Waals surface area contributed by atoms with Gasteiger partial charge >= 0.3 is 15.6 Å². The van der Waals surface area contributed by atoms with Gasteiger partial charge in [0.15, 0.2) is 0 Å². The van der Waals surface area contributed by atoms with Crippen LogP contribution in [0.1, 0.15) is 20.8 Å². The summed E-state index contributed by atoms with van der Waals surface area (Å²) in [5, 5.41) is 11.1. The third-order valence-electron chi connectivity index (χ3n) is 3.32. The Bertz CT molecular complexity index is 548. The van der Waals surface area contributed by atoms with Crippen molar-refractivity contribution in [3.05, 3.63) is 11.8 Å². The highest BCUT2D eigenvalue weighted by atomic mass is 32.2. The van der Waals surface area contributed by atoms with Crippen LogP contribution in [0, 0.1) is 5.41 Å². The van der Waals surface area contributed by atoms with Gasteiger partial charge in [-0.15, -0.1) is 0 Å². The highest BCUT2D eigenvalue weighted by Gasteiger charge is 2.54. The van der Waals surface area contributed by atoms with Crippen molar-refractivity contribution in [3.63, 3.8) is 0 Å². The number of alkyl halides is 3. The van der Waals surface area contributed by atoms with Gasteiger partial charge in [0.05, 0.1) is 18.0 Å². The van der Waals surface area contributed by atoms with Crippen LogP contribution in [0.4, 0.5) is 13.2 Å². The fraction of sp³-hybridized carbons (Fsp3) is 0.700. The molecule has 0 saturated carbocycles. The van der Waals surface area contributed by atoms with Gasteiger partial charge in [0.2, 0.25) is 0 Å². The molecule has 0 N–H and O–H groups in total. The monoisotopic (exact) mass is 317 g/mol. The first kappa shape index (κ1) is 16.8. The quantitative estimate of drug-likeness (QED) is 0.549. The number of carbonyl (C=O) groups is 1. The molecule has 10 heteroatoms. The van der Waals surface area contributed by atoms with Crippen LogP contribution in [0.3, 0.4) is 0 Å². The fourth-order valence-corrected chi connectivity index (χ4v) is 2.18. The Labute approximate surface area is 113 Å². The predicted molar refractivity (Wildman–Crippen MR) is 57.3 cm³/mol. The van der Waals surface area contributed by atoms with Crippen molar-refractivity contribution < 1.29 is 40.4 Å². The van der Waals surface area contributed by atoms with Crippen LogP contribution in [0.25, 0.3) is 0 Å². The van der Waals surface area contributed by atoms with E-state index in [1.165, 1.54) is 13.8 Å². The van der Waals surface area contributed by atoms with E-state index < -0.39 is 45.0 Å². The highest BCUT2D eigenvalue weighted by Crippen LogP contribution is 2.45. The summed E-state index contributed by atoms with van der Waals surface area (Å²) in [6, 6.07) is 0. The Balaban J connectivity index is 3.22. The number of hydrogen-bond donors (Lipinski definition) is 0. The van der Waals surface area contributed by atoms with E-state index in [0.717, 1.165) is 13.0 Å². The van der Waals surface area contributed by atoms with Crippen LogP contribution in [0.15, 0.2) is 11.8 Å². The lowest BCUT2D eigenvalue weighted by Crippen LogP contribution is -2.60. The van der Waals surface area contributed by atoms with E-state index in [9.17, 15) is 31.5 Å². The minimum absolute atomic E-state index is 0.420. The largest absolute Gasteiger partial charge is 0.547 e. The Kier molecular flexibility index (Phi) is 3.87. The van der Waals surface area contributed by atoms with Gasteiger partial charge in [-0.05, 0) is 26.8 Å². The van der Waals surface area contributed by atoms with E-state index in [4.69, 9.17) is 4.74 Å². The molecule has 1 unspecified atom stereocenters. The van der Waals surface area contributed by atoms with Crippen molar-refractivity contribution in [2.75, 3.05) is 6.61 Å². The van der Waals surface area contributed by atoms with Gasteiger partial charge in [-0.25, -0.2) is 0 Å². The second kappa shape index (κ2) is 4.62. The molecule has 1 atom stereocenters. The maximum atomic E-state index is 12.3. The van der Waals surface area contributed by atoms with Crippen LogP contribution in [-0.2, 0) is 23.8 Å². The van der Waals surface area contributed by atoms with E-state index >= 15 is 0 Å². The van der Waals surface area contributed by atoms with Gasteiger partial charge in [-0.3, -0.25) is 0 Å². The first-order chi connectivity index (χ1) is 8.76. The summed E-state index contributed by atoms with van der Waals surface area (Å²) in [6.07, 6.45) is 0.938. The SMILES string of the molecule is CC1(C)C(OS(=O)(=O)C(F)(F)F)=CCOC1(C)C(=O)[O-]. The van der Waals surface area contributed by atoms with Gasteiger partial charge in [0.1, 0.15) is 11.4 Å². The molecule has 0 aliphatic carbocycles. The summed E-state index contributed by atoms with van der Waals surface area (Å²) in [7, 11) is -5.88. The van der Waals surface area contributed by atoms with Gasteiger partial charge in [0.25, 0.3) is 0 Å². The summed E-state index contributed by atoms with van der Waals surface area (Å²) in [5.41, 5.74) is -9.32. The first-order valence-electron chi connectivity index (χ1n) is 5.32. The molecule has 0 bridgehead atoms. The van der Waals surface area contributed by atoms with Crippen molar-refractivity contribution in [1.82, 2.24) is 0 Å². The van der Waals surface area contributed by atoms with Crippen LogP contribution in [0.5, 0.6) is 0 Å². The number of carboxylic acids is 1. The van der Waals surface area contributed by atoms with E-state index in [1.54, 1.807) is 0 Å². The average Bonchev–Trinajstić information content (AvgIpc) is 2.23. The van der Waals surface area contributed by atoms with Gasteiger partial charge in [-0.1, -0.05) is 0 Å². The van der Waals surface area contributed by atoms with E-state index in [2.05, 4.69) is 4.18 Å². The number of aliphatic carboxylic acids is 1. The molecule has 0 fully saturated rings. The molecule has 116 valence electrons. The van der Waals surface area contributed by atoms with Crippen LogP contribution < -0.4 is 5.11 Å². The first-order valence-corrected chi connectivity index (χ1v) is 6.73. The predicted octanol–water partition coefficient (Wildman–Crippen LogP) is 0.301. The second-order valence-electron chi connectivity index (χ2n) is 4.81. The highest BCUT2D eigenvalue weighted by molar-refractivity contribution is 7.87. The normalized spacial score (nSPS) is 26.8. The molecule has 0 spiro atoms. The summed E-state index contributed by atoms with van der Waals surface area (Å²) < 4.78 is 67.9. The number of ether oxygens (including phenoxy) is 1. The third kappa shape index (κ3) is 2.49. The molecule has 0 radical (unpaired) electrons. The van der Waals surface area contributed by atoms with Crippen LogP contribution in [-0.4, -0.2) is 32.1 Å². The number of carbonyl (C=O) groups excluding carboxylic acids is 1. The molecule has 6 nitrogen and oxygen atoms in total. The molecular formula is C10H12F3O6S-. The molecular weight excluding hydrogens is 305 g/mol.